The van der Waals surface area contributed by atoms with Gasteiger partial charge < -0.3 is 20.5 Å². The van der Waals surface area contributed by atoms with Gasteiger partial charge in [-0.25, -0.2) is 4.79 Å². The number of hydrogen-bond acceptors (Lipinski definition) is 4. The number of aliphatic hydroxyl groups is 1. The largest absolute Gasteiger partial charge is 0.445 e. The molecule has 0 aromatic heterocycles. The molecule has 1 aliphatic rings. The molecule has 1 saturated heterocycles. The van der Waals surface area contributed by atoms with Gasteiger partial charge in [0.05, 0.1) is 6.04 Å². The van der Waals surface area contributed by atoms with E-state index in [2.05, 4.69) is 10.6 Å². The molecular weight excluding hydrogens is 248 g/mol. The summed E-state index contributed by atoms with van der Waals surface area (Å²) >= 11 is 0. The molecule has 1 aromatic rings. The van der Waals surface area contributed by atoms with Crippen LogP contribution >= 0.6 is 0 Å². The van der Waals surface area contributed by atoms with E-state index in [4.69, 9.17) is 4.74 Å². The van der Waals surface area contributed by atoms with Gasteiger partial charge in [0.1, 0.15) is 12.8 Å². The van der Waals surface area contributed by atoms with Crippen molar-refractivity contribution in [1.82, 2.24) is 10.6 Å². The van der Waals surface area contributed by atoms with Crippen LogP contribution in [-0.2, 0) is 16.1 Å². The maximum atomic E-state index is 11.6. The van der Waals surface area contributed by atoms with Crippen LogP contribution in [0.15, 0.2) is 30.3 Å². The Balaban J connectivity index is 1.77. The summed E-state index contributed by atoms with van der Waals surface area (Å²) in [4.78, 5) is 22.6. The Hall–Kier alpha value is -2.08. The predicted molar refractivity (Wildman–Crippen MR) is 66.9 cm³/mol. The number of aliphatic hydroxyl groups excluding tert-OH is 1. The number of carbonyl (C=O) groups excluding carboxylic acids is 2. The summed E-state index contributed by atoms with van der Waals surface area (Å²) in [7, 11) is 0. The molecule has 2 amide bonds. The molecule has 0 saturated carbocycles. The highest BCUT2D eigenvalue weighted by Crippen LogP contribution is 2.08. The normalized spacial score (nSPS) is 22.5. The molecule has 0 spiro atoms. The van der Waals surface area contributed by atoms with E-state index in [1.54, 1.807) is 0 Å². The van der Waals surface area contributed by atoms with E-state index in [0.29, 0.717) is 6.42 Å². The summed E-state index contributed by atoms with van der Waals surface area (Å²) in [6.45, 7) is 0.168. The Labute approximate surface area is 110 Å². The van der Waals surface area contributed by atoms with Gasteiger partial charge in [-0.3, -0.25) is 4.79 Å². The lowest BCUT2D eigenvalue weighted by atomic mass is 10.1. The maximum absolute atomic E-state index is 11.6. The molecule has 2 atom stereocenters. The van der Waals surface area contributed by atoms with Gasteiger partial charge in [0.25, 0.3) is 0 Å². The third kappa shape index (κ3) is 3.96. The van der Waals surface area contributed by atoms with Gasteiger partial charge in [0.2, 0.25) is 5.91 Å². The van der Waals surface area contributed by atoms with Crippen LogP contribution in [-0.4, -0.2) is 29.4 Å². The number of ether oxygens (including phenoxy) is 1. The topological polar surface area (TPSA) is 87.7 Å². The lowest BCUT2D eigenvalue weighted by Gasteiger charge is -2.28. The van der Waals surface area contributed by atoms with Gasteiger partial charge in [0, 0.05) is 6.42 Å². The van der Waals surface area contributed by atoms with E-state index in [1.807, 2.05) is 30.3 Å². The fourth-order valence-electron chi connectivity index (χ4n) is 1.85. The van der Waals surface area contributed by atoms with Crippen molar-refractivity contribution < 1.29 is 19.4 Å². The molecular formula is C13H16N2O4. The lowest BCUT2D eigenvalue weighted by Crippen LogP contribution is -2.55. The number of benzene rings is 1. The Morgan fingerprint density at radius 2 is 2.16 bits per heavy atom. The van der Waals surface area contributed by atoms with Crippen LogP contribution in [0.2, 0.25) is 0 Å². The molecule has 0 aliphatic carbocycles. The van der Waals surface area contributed by atoms with Crippen LogP contribution < -0.4 is 10.6 Å². The van der Waals surface area contributed by atoms with Crippen molar-refractivity contribution in [3.8, 4) is 0 Å². The summed E-state index contributed by atoms with van der Waals surface area (Å²) in [5.74, 6) is -0.219. The minimum absolute atomic E-state index is 0.168. The standard InChI is InChI=1S/C13H16N2O4/c16-11-7-6-10(12(17)15-11)14-13(18)19-8-9-4-2-1-3-5-9/h1-5,10,12,17H,6-8H2,(H,14,18)(H,15,16)/t10-,12?/m0/s1. The molecule has 1 aromatic carbocycles. The van der Waals surface area contributed by atoms with Gasteiger partial charge in [0.15, 0.2) is 0 Å². The van der Waals surface area contributed by atoms with Crippen molar-refractivity contribution in [1.29, 1.82) is 0 Å². The van der Waals surface area contributed by atoms with Crippen molar-refractivity contribution in [2.75, 3.05) is 0 Å². The fraction of sp³-hybridized carbons (Fsp3) is 0.385. The molecule has 19 heavy (non-hydrogen) atoms. The molecule has 1 aliphatic heterocycles. The Bertz CT molecular complexity index is 449. The van der Waals surface area contributed by atoms with Crippen LogP contribution in [0.5, 0.6) is 0 Å². The number of piperidine rings is 1. The lowest BCUT2D eigenvalue weighted by molar-refractivity contribution is -0.127. The smallest absolute Gasteiger partial charge is 0.407 e. The van der Waals surface area contributed by atoms with Gasteiger partial charge >= 0.3 is 6.09 Å². The molecule has 1 unspecified atom stereocenters. The van der Waals surface area contributed by atoms with Gasteiger partial charge in [-0.15, -0.1) is 0 Å². The molecule has 6 nitrogen and oxygen atoms in total. The summed E-state index contributed by atoms with van der Waals surface area (Å²) < 4.78 is 5.03. The second-order valence-corrected chi connectivity index (χ2v) is 4.36. The molecule has 1 heterocycles. The number of rotatable bonds is 3. The highest BCUT2D eigenvalue weighted by atomic mass is 16.5. The van der Waals surface area contributed by atoms with Gasteiger partial charge in [-0.05, 0) is 12.0 Å². The van der Waals surface area contributed by atoms with Crippen LogP contribution in [0.4, 0.5) is 4.79 Å². The first-order valence-corrected chi connectivity index (χ1v) is 6.10. The number of amides is 2. The minimum Gasteiger partial charge on any atom is -0.445 e. The monoisotopic (exact) mass is 264 g/mol. The fourth-order valence-corrected chi connectivity index (χ4v) is 1.85. The van der Waals surface area contributed by atoms with E-state index in [-0.39, 0.29) is 18.9 Å². The quantitative estimate of drug-likeness (QED) is 0.742. The van der Waals surface area contributed by atoms with Crippen molar-refractivity contribution in [2.24, 2.45) is 0 Å². The molecule has 6 heteroatoms. The average Bonchev–Trinajstić information content (AvgIpc) is 2.41. The first-order valence-electron chi connectivity index (χ1n) is 6.10. The van der Waals surface area contributed by atoms with Crippen molar-refractivity contribution in [2.45, 2.75) is 31.7 Å². The Morgan fingerprint density at radius 3 is 2.84 bits per heavy atom. The van der Waals surface area contributed by atoms with Crippen LogP contribution in [0.3, 0.4) is 0 Å². The van der Waals surface area contributed by atoms with Crippen molar-refractivity contribution in [3.05, 3.63) is 35.9 Å². The molecule has 102 valence electrons. The zero-order chi connectivity index (χ0) is 13.7. The van der Waals surface area contributed by atoms with E-state index in [0.717, 1.165) is 5.56 Å². The second kappa shape index (κ2) is 6.19. The third-order valence-electron chi connectivity index (χ3n) is 2.89. The zero-order valence-electron chi connectivity index (χ0n) is 10.3. The summed E-state index contributed by atoms with van der Waals surface area (Å²) in [6, 6.07) is 8.78. The van der Waals surface area contributed by atoms with E-state index in [9.17, 15) is 14.7 Å². The molecule has 2 rings (SSSR count). The second-order valence-electron chi connectivity index (χ2n) is 4.36. The van der Waals surface area contributed by atoms with Crippen molar-refractivity contribution >= 4 is 12.0 Å². The van der Waals surface area contributed by atoms with E-state index >= 15 is 0 Å². The van der Waals surface area contributed by atoms with Gasteiger partial charge in [-0.2, -0.15) is 0 Å². The summed E-state index contributed by atoms with van der Waals surface area (Å²) in [5, 5.41) is 14.5. The minimum atomic E-state index is -1.06. The number of alkyl carbamates (subject to hydrolysis) is 1. The number of hydrogen-bond donors (Lipinski definition) is 3. The van der Waals surface area contributed by atoms with Gasteiger partial charge in [-0.1, -0.05) is 30.3 Å². The van der Waals surface area contributed by atoms with E-state index in [1.165, 1.54) is 0 Å². The number of nitrogens with one attached hydrogen (secondary N) is 2. The highest BCUT2D eigenvalue weighted by Gasteiger charge is 2.28. The highest BCUT2D eigenvalue weighted by molar-refractivity contribution is 5.77. The SMILES string of the molecule is O=C1CC[C@H](NC(=O)OCc2ccccc2)C(O)N1. The zero-order valence-corrected chi connectivity index (χ0v) is 10.3. The first kappa shape index (κ1) is 13.4. The average molecular weight is 264 g/mol. The predicted octanol–water partition coefficient (Wildman–Crippen LogP) is 0.510. The molecule has 3 N–H and O–H groups in total. The van der Waals surface area contributed by atoms with Crippen molar-refractivity contribution in [3.63, 3.8) is 0 Å². The maximum Gasteiger partial charge on any atom is 0.407 e. The van der Waals surface area contributed by atoms with Crippen LogP contribution in [0, 0.1) is 0 Å². The van der Waals surface area contributed by atoms with Crippen LogP contribution in [0.25, 0.3) is 0 Å². The number of carbonyl (C=O) groups is 2. The third-order valence-corrected chi connectivity index (χ3v) is 2.89. The Kier molecular flexibility index (Phi) is 4.35. The molecule has 1 fully saturated rings. The first-order chi connectivity index (χ1) is 9.15. The molecule has 0 bridgehead atoms. The van der Waals surface area contributed by atoms with Crippen LogP contribution in [0.1, 0.15) is 18.4 Å². The molecule has 0 radical (unpaired) electrons. The summed E-state index contributed by atoms with van der Waals surface area (Å²) in [6.07, 6.45) is -0.997. The summed E-state index contributed by atoms with van der Waals surface area (Å²) in [5.41, 5.74) is 0.884. The van der Waals surface area contributed by atoms with E-state index < -0.39 is 18.4 Å². The Morgan fingerprint density at radius 1 is 1.42 bits per heavy atom.